The highest BCUT2D eigenvalue weighted by molar-refractivity contribution is 7.90. The van der Waals surface area contributed by atoms with Crippen molar-refractivity contribution in [3.63, 3.8) is 0 Å². The molecular weight excluding hydrogens is 276 g/mol. The van der Waals surface area contributed by atoms with Crippen molar-refractivity contribution in [1.29, 1.82) is 0 Å². The van der Waals surface area contributed by atoms with Crippen molar-refractivity contribution in [2.75, 3.05) is 51.1 Å². The quantitative estimate of drug-likeness (QED) is 0.711. The SMILES string of the molecule is O=S(=O)(CCl)N1CCC(CN2CCOCC2)CC1. The normalized spacial score (nSPS) is 25.4. The first-order valence-corrected chi connectivity index (χ1v) is 8.60. The molecule has 0 N–H and O–H groups in total. The molecule has 0 atom stereocenters. The molecule has 2 fully saturated rings. The van der Waals surface area contributed by atoms with Crippen molar-refractivity contribution in [3.05, 3.63) is 0 Å². The van der Waals surface area contributed by atoms with Gasteiger partial charge in [-0.05, 0) is 18.8 Å². The number of rotatable bonds is 4. The van der Waals surface area contributed by atoms with Crippen molar-refractivity contribution in [2.45, 2.75) is 12.8 Å². The molecule has 0 unspecified atom stereocenters. The number of hydrogen-bond donors (Lipinski definition) is 0. The van der Waals surface area contributed by atoms with Crippen molar-refractivity contribution >= 4 is 21.6 Å². The lowest BCUT2D eigenvalue weighted by molar-refractivity contribution is 0.0269. The summed E-state index contributed by atoms with van der Waals surface area (Å²) in [5.41, 5.74) is 0. The largest absolute Gasteiger partial charge is 0.379 e. The van der Waals surface area contributed by atoms with Crippen molar-refractivity contribution < 1.29 is 13.2 Å². The number of piperidine rings is 1. The number of ether oxygens (including phenoxy) is 1. The van der Waals surface area contributed by atoms with Gasteiger partial charge in [0.2, 0.25) is 10.0 Å². The van der Waals surface area contributed by atoms with Gasteiger partial charge in [0.1, 0.15) is 5.21 Å². The summed E-state index contributed by atoms with van der Waals surface area (Å²) in [6.45, 7) is 5.94. The molecule has 106 valence electrons. The molecule has 18 heavy (non-hydrogen) atoms. The van der Waals surface area contributed by atoms with Crippen molar-refractivity contribution in [3.8, 4) is 0 Å². The van der Waals surface area contributed by atoms with Gasteiger partial charge in [-0.1, -0.05) is 0 Å². The third kappa shape index (κ3) is 3.81. The topological polar surface area (TPSA) is 49.9 Å². The van der Waals surface area contributed by atoms with E-state index in [4.69, 9.17) is 16.3 Å². The van der Waals surface area contributed by atoms with Crippen LogP contribution in [-0.2, 0) is 14.8 Å². The second-order valence-corrected chi connectivity index (χ2v) is 7.53. The summed E-state index contributed by atoms with van der Waals surface area (Å²) in [4.78, 5) is 2.42. The molecule has 2 aliphatic heterocycles. The molecule has 0 aromatic rings. The summed E-state index contributed by atoms with van der Waals surface area (Å²) in [7, 11) is -3.21. The van der Waals surface area contributed by atoms with E-state index in [1.54, 1.807) is 0 Å². The molecule has 2 saturated heterocycles. The minimum absolute atomic E-state index is 0.304. The van der Waals surface area contributed by atoms with Crippen LogP contribution in [0.3, 0.4) is 0 Å². The number of sulfonamides is 1. The molecule has 0 amide bonds. The van der Waals surface area contributed by atoms with E-state index in [9.17, 15) is 8.42 Å². The Balaban J connectivity index is 1.76. The maximum atomic E-state index is 11.6. The number of alkyl halides is 1. The highest BCUT2D eigenvalue weighted by atomic mass is 35.5. The summed E-state index contributed by atoms with van der Waals surface area (Å²) in [5.74, 6) is 0.602. The number of morpholine rings is 1. The summed E-state index contributed by atoms with van der Waals surface area (Å²) >= 11 is 5.47. The van der Waals surface area contributed by atoms with Crippen molar-refractivity contribution in [1.82, 2.24) is 9.21 Å². The first-order chi connectivity index (χ1) is 8.62. The monoisotopic (exact) mass is 296 g/mol. The van der Waals surface area contributed by atoms with Gasteiger partial charge in [0.15, 0.2) is 0 Å². The Morgan fingerprint density at radius 1 is 1.11 bits per heavy atom. The Kier molecular flexibility index (Phi) is 5.26. The molecule has 0 aromatic heterocycles. The Morgan fingerprint density at radius 2 is 1.72 bits per heavy atom. The van der Waals surface area contributed by atoms with Gasteiger partial charge >= 0.3 is 0 Å². The van der Waals surface area contributed by atoms with Gasteiger partial charge in [0.05, 0.1) is 13.2 Å². The third-order valence-corrected chi connectivity index (χ3v) is 5.98. The maximum absolute atomic E-state index is 11.6. The molecule has 7 heteroatoms. The van der Waals surface area contributed by atoms with Gasteiger partial charge in [0.25, 0.3) is 0 Å². The fourth-order valence-electron chi connectivity index (χ4n) is 2.59. The van der Waals surface area contributed by atoms with Gasteiger partial charge in [-0.15, -0.1) is 11.6 Å². The van der Waals surface area contributed by atoms with Crippen LogP contribution < -0.4 is 0 Å². The third-order valence-electron chi connectivity index (χ3n) is 3.72. The first kappa shape index (κ1) is 14.5. The fraction of sp³-hybridized carbons (Fsp3) is 1.00. The van der Waals surface area contributed by atoms with Gasteiger partial charge in [0, 0.05) is 32.7 Å². The predicted molar refractivity (Wildman–Crippen MR) is 71.2 cm³/mol. The number of hydrogen-bond acceptors (Lipinski definition) is 4. The Morgan fingerprint density at radius 3 is 2.28 bits per heavy atom. The van der Waals surface area contributed by atoms with Gasteiger partial charge < -0.3 is 4.74 Å². The van der Waals surface area contributed by atoms with E-state index in [2.05, 4.69) is 4.90 Å². The zero-order valence-corrected chi connectivity index (χ0v) is 12.1. The van der Waals surface area contributed by atoms with Crippen LogP contribution in [0, 0.1) is 5.92 Å². The van der Waals surface area contributed by atoms with Crippen molar-refractivity contribution in [2.24, 2.45) is 5.92 Å². The average molecular weight is 297 g/mol. The van der Waals surface area contributed by atoms with Crippen LogP contribution >= 0.6 is 11.6 Å². The number of nitrogens with zero attached hydrogens (tertiary/aromatic N) is 2. The first-order valence-electron chi connectivity index (χ1n) is 6.46. The fourth-order valence-corrected chi connectivity index (χ4v) is 3.91. The molecule has 0 spiro atoms. The minimum atomic E-state index is -3.21. The molecule has 2 heterocycles. The van der Waals surface area contributed by atoms with Crippen LogP contribution in [0.1, 0.15) is 12.8 Å². The molecule has 2 rings (SSSR count). The van der Waals surface area contributed by atoms with Crippen LogP contribution in [0.25, 0.3) is 0 Å². The van der Waals surface area contributed by atoms with E-state index >= 15 is 0 Å². The van der Waals surface area contributed by atoms with Gasteiger partial charge in [-0.25, -0.2) is 12.7 Å². The summed E-state index contributed by atoms with van der Waals surface area (Å²) < 4.78 is 30.1. The lowest BCUT2D eigenvalue weighted by Crippen LogP contribution is -2.44. The molecular formula is C11H21ClN2O3S. The Bertz CT molecular complexity index is 349. The van der Waals surface area contributed by atoms with E-state index < -0.39 is 10.0 Å². The second-order valence-electron chi connectivity index (χ2n) is 4.98. The van der Waals surface area contributed by atoms with E-state index in [0.717, 1.165) is 45.7 Å². The van der Waals surface area contributed by atoms with Crippen LogP contribution in [-0.4, -0.2) is 68.8 Å². The lowest BCUT2D eigenvalue weighted by Gasteiger charge is -2.35. The molecule has 2 aliphatic rings. The second kappa shape index (κ2) is 6.52. The summed E-state index contributed by atoms with van der Waals surface area (Å²) in [5, 5.41) is -0.304. The standard InChI is InChI=1S/C11H21ClN2O3S/c12-10-18(15,16)14-3-1-11(2-4-14)9-13-5-7-17-8-6-13/h11H,1-10H2. The molecule has 5 nitrogen and oxygen atoms in total. The van der Waals surface area contributed by atoms with E-state index in [-0.39, 0.29) is 5.21 Å². The molecule has 0 saturated carbocycles. The van der Waals surface area contributed by atoms with Crippen LogP contribution in [0.5, 0.6) is 0 Å². The average Bonchev–Trinajstić information content (AvgIpc) is 2.40. The van der Waals surface area contributed by atoms with E-state index in [0.29, 0.717) is 19.0 Å². The number of halogens is 1. The minimum Gasteiger partial charge on any atom is -0.379 e. The zero-order chi connectivity index (χ0) is 13.0. The summed E-state index contributed by atoms with van der Waals surface area (Å²) in [6, 6.07) is 0. The van der Waals surface area contributed by atoms with E-state index in [1.807, 2.05) is 0 Å². The lowest BCUT2D eigenvalue weighted by atomic mass is 9.97. The Hall–Kier alpha value is 0.120. The molecule has 0 aliphatic carbocycles. The van der Waals surface area contributed by atoms with Crippen LogP contribution in [0.4, 0.5) is 0 Å². The predicted octanol–water partition coefficient (Wildman–Crippen LogP) is 0.557. The van der Waals surface area contributed by atoms with Crippen LogP contribution in [0.2, 0.25) is 0 Å². The highest BCUT2D eigenvalue weighted by Crippen LogP contribution is 2.21. The molecule has 0 radical (unpaired) electrons. The van der Waals surface area contributed by atoms with E-state index in [1.165, 1.54) is 4.31 Å². The molecule has 0 aromatic carbocycles. The maximum Gasteiger partial charge on any atom is 0.228 e. The zero-order valence-electron chi connectivity index (χ0n) is 10.6. The van der Waals surface area contributed by atoms with Gasteiger partial charge in [-0.2, -0.15) is 0 Å². The highest BCUT2D eigenvalue weighted by Gasteiger charge is 2.28. The van der Waals surface area contributed by atoms with Crippen LogP contribution in [0.15, 0.2) is 0 Å². The van der Waals surface area contributed by atoms with Gasteiger partial charge in [-0.3, -0.25) is 4.90 Å². The Labute approximate surface area is 114 Å². The smallest absolute Gasteiger partial charge is 0.228 e. The summed E-state index contributed by atoms with van der Waals surface area (Å²) in [6.07, 6.45) is 1.88. The molecule has 0 bridgehead atoms.